The number of fused-ring (bicyclic) bond motifs is 6. The van der Waals surface area contributed by atoms with Crippen LogP contribution in [0.3, 0.4) is 0 Å². The third-order valence-electron chi connectivity index (χ3n) is 13.2. The summed E-state index contributed by atoms with van der Waals surface area (Å²) < 4.78 is 6.75. The van der Waals surface area contributed by atoms with E-state index in [0.29, 0.717) is 5.82 Å². The Morgan fingerprint density at radius 2 is 0.739 bits per heavy atom. The molecule has 13 aromatic rings. The molecule has 0 bridgehead atoms. The van der Waals surface area contributed by atoms with E-state index in [1.54, 1.807) is 0 Å². The third-order valence-corrected chi connectivity index (χ3v) is 13.2. The van der Waals surface area contributed by atoms with Crippen molar-refractivity contribution in [2.75, 3.05) is 0 Å². The number of furan rings is 1. The fraction of sp³-hybridized carbons (Fsp3) is 0. The maximum Gasteiger partial charge on any atom is 0.160 e. The monoisotopic (exact) mass is 879 g/mol. The first-order valence-corrected chi connectivity index (χ1v) is 23.3. The fourth-order valence-corrected chi connectivity index (χ4v) is 9.94. The summed E-state index contributed by atoms with van der Waals surface area (Å²) >= 11 is 0. The van der Waals surface area contributed by atoms with E-state index in [1.165, 1.54) is 11.1 Å². The van der Waals surface area contributed by atoms with Gasteiger partial charge in [0.25, 0.3) is 0 Å². The number of hydrogen-bond donors (Lipinski definition) is 0. The van der Waals surface area contributed by atoms with Gasteiger partial charge in [-0.05, 0) is 87.5 Å². The van der Waals surface area contributed by atoms with Crippen LogP contribution < -0.4 is 0 Å². The smallest absolute Gasteiger partial charge is 0.160 e. The summed E-state index contributed by atoms with van der Waals surface area (Å²) in [5.41, 5.74) is 18.1. The predicted octanol–water partition coefficient (Wildman–Crippen LogP) is 17.4. The molecule has 0 radical (unpaired) electrons. The van der Waals surface area contributed by atoms with Crippen molar-refractivity contribution in [3.63, 3.8) is 0 Å². The van der Waals surface area contributed by atoms with Gasteiger partial charge < -0.3 is 4.42 Å². The second-order valence-corrected chi connectivity index (χ2v) is 17.5. The van der Waals surface area contributed by atoms with Crippen LogP contribution in [0.2, 0.25) is 0 Å². The van der Waals surface area contributed by atoms with Gasteiger partial charge in [-0.25, -0.2) is 15.0 Å². The maximum absolute atomic E-state index is 6.75. The van der Waals surface area contributed by atoms with Crippen molar-refractivity contribution in [3.05, 3.63) is 249 Å². The van der Waals surface area contributed by atoms with Crippen molar-refractivity contribution < 1.29 is 4.42 Å². The van der Waals surface area contributed by atoms with Gasteiger partial charge >= 0.3 is 0 Å². The average Bonchev–Trinajstić information content (AvgIpc) is 3.81. The van der Waals surface area contributed by atoms with Crippen LogP contribution >= 0.6 is 0 Å². The van der Waals surface area contributed by atoms with Gasteiger partial charge in [0.2, 0.25) is 0 Å². The lowest BCUT2D eigenvalue weighted by Crippen LogP contribution is -1.97. The zero-order valence-corrected chi connectivity index (χ0v) is 37.4. The molecule has 0 aliphatic rings. The van der Waals surface area contributed by atoms with Crippen molar-refractivity contribution in [2.24, 2.45) is 0 Å². The second kappa shape index (κ2) is 16.9. The summed E-state index contributed by atoms with van der Waals surface area (Å²) in [7, 11) is 0. The Labute approximate surface area is 399 Å². The minimum atomic E-state index is 0.657. The molecule has 4 nitrogen and oxygen atoms in total. The van der Waals surface area contributed by atoms with Crippen LogP contribution in [0.1, 0.15) is 0 Å². The Bertz CT molecular complexity index is 3980. The summed E-state index contributed by atoms with van der Waals surface area (Å²) in [6.07, 6.45) is 0. The summed E-state index contributed by atoms with van der Waals surface area (Å²) in [5.74, 6) is 0.657. The molecule has 3 aromatic heterocycles. The molecule has 10 aromatic carbocycles. The van der Waals surface area contributed by atoms with Crippen molar-refractivity contribution in [1.29, 1.82) is 0 Å². The van der Waals surface area contributed by atoms with Gasteiger partial charge in [-0.3, -0.25) is 0 Å². The molecule has 0 spiro atoms. The van der Waals surface area contributed by atoms with E-state index in [2.05, 4.69) is 224 Å². The lowest BCUT2D eigenvalue weighted by molar-refractivity contribution is 0.669. The fourth-order valence-electron chi connectivity index (χ4n) is 9.94. The summed E-state index contributed by atoms with van der Waals surface area (Å²) in [6, 6.07) is 87.5. The van der Waals surface area contributed by atoms with Gasteiger partial charge in [0.1, 0.15) is 11.2 Å². The normalized spacial score (nSPS) is 11.5. The SMILES string of the molecule is c1ccc(-c2ccc(-c3c4c(cc5c(-c6cccc(-c7cc(-c8cc(-c9ccccc9)cc(-c9ccccc9)c8)nc(-c8ccccc8)n7)c6)nc6ccccc6c35)oc3ccccc34)cc2)cc1. The van der Waals surface area contributed by atoms with Crippen LogP contribution in [0.15, 0.2) is 253 Å². The standard InChI is InChI=1S/C65H41N3O/c1-5-18-42(19-6-1)45-32-34-46(35-33-45)61-62-53-28-13-15-30-56(53)66-64(55(62)40-60-63(61)54-29-14-16-31-59(54)69-60)49-27-17-26-48(36-49)57-41-58(68-65(67-57)47-24-11-4-12-25-47)52-38-50(43-20-7-2-8-21-43)37-51(39-52)44-22-9-3-10-23-44/h1-41H. The Morgan fingerprint density at radius 3 is 1.41 bits per heavy atom. The lowest BCUT2D eigenvalue weighted by atomic mass is 9.88. The first-order chi connectivity index (χ1) is 34.2. The zero-order chi connectivity index (χ0) is 45.7. The molecule has 0 amide bonds. The van der Waals surface area contributed by atoms with E-state index in [9.17, 15) is 0 Å². The van der Waals surface area contributed by atoms with E-state index in [4.69, 9.17) is 19.4 Å². The number of para-hydroxylation sites is 2. The largest absolute Gasteiger partial charge is 0.456 e. The molecule has 0 unspecified atom stereocenters. The lowest BCUT2D eigenvalue weighted by Gasteiger charge is -2.16. The molecule has 0 aliphatic heterocycles. The number of pyridine rings is 1. The van der Waals surface area contributed by atoms with Gasteiger partial charge in [-0.2, -0.15) is 0 Å². The Kier molecular flexibility index (Phi) is 9.80. The molecule has 322 valence electrons. The van der Waals surface area contributed by atoms with Gasteiger partial charge in [-0.15, -0.1) is 0 Å². The Hall–Kier alpha value is -9.25. The van der Waals surface area contributed by atoms with Crippen molar-refractivity contribution in [3.8, 4) is 89.7 Å². The molecule has 0 atom stereocenters. The predicted molar refractivity (Wildman–Crippen MR) is 286 cm³/mol. The molecule has 69 heavy (non-hydrogen) atoms. The summed E-state index contributed by atoms with van der Waals surface area (Å²) in [5, 5.41) is 5.41. The number of benzene rings is 10. The number of hydrogen-bond acceptors (Lipinski definition) is 4. The average molecular weight is 880 g/mol. The number of rotatable bonds is 8. The van der Waals surface area contributed by atoms with Crippen LogP contribution in [0.5, 0.6) is 0 Å². The van der Waals surface area contributed by atoms with E-state index in [-0.39, 0.29) is 0 Å². The van der Waals surface area contributed by atoms with Crippen LogP contribution in [0.25, 0.3) is 133 Å². The molecular weight excluding hydrogens is 839 g/mol. The molecule has 0 fully saturated rings. The van der Waals surface area contributed by atoms with Gasteiger partial charge in [-0.1, -0.05) is 200 Å². The molecule has 13 rings (SSSR count). The topological polar surface area (TPSA) is 51.8 Å². The number of nitrogens with zero attached hydrogens (tertiary/aromatic N) is 3. The number of aromatic nitrogens is 3. The quantitative estimate of drug-likeness (QED) is 0.143. The summed E-state index contributed by atoms with van der Waals surface area (Å²) in [4.78, 5) is 16.1. The van der Waals surface area contributed by atoms with Crippen LogP contribution in [-0.4, -0.2) is 15.0 Å². The molecule has 0 N–H and O–H groups in total. The first-order valence-electron chi connectivity index (χ1n) is 23.3. The van der Waals surface area contributed by atoms with Crippen LogP contribution in [-0.2, 0) is 0 Å². The third kappa shape index (κ3) is 7.32. The van der Waals surface area contributed by atoms with Crippen molar-refractivity contribution in [1.82, 2.24) is 15.0 Å². The highest BCUT2D eigenvalue weighted by atomic mass is 16.3. The van der Waals surface area contributed by atoms with Gasteiger partial charge in [0.15, 0.2) is 5.82 Å². The summed E-state index contributed by atoms with van der Waals surface area (Å²) in [6.45, 7) is 0. The highest BCUT2D eigenvalue weighted by Gasteiger charge is 2.22. The zero-order valence-electron chi connectivity index (χ0n) is 37.4. The van der Waals surface area contributed by atoms with Gasteiger partial charge in [0.05, 0.1) is 22.6 Å². The molecule has 0 saturated heterocycles. The Balaban J connectivity index is 1.03. The minimum Gasteiger partial charge on any atom is -0.456 e. The molecule has 0 saturated carbocycles. The van der Waals surface area contributed by atoms with Crippen LogP contribution in [0.4, 0.5) is 0 Å². The molecule has 4 heteroatoms. The van der Waals surface area contributed by atoms with E-state index < -0.39 is 0 Å². The van der Waals surface area contributed by atoms with Crippen molar-refractivity contribution in [2.45, 2.75) is 0 Å². The highest BCUT2D eigenvalue weighted by molar-refractivity contribution is 6.27. The van der Waals surface area contributed by atoms with Crippen molar-refractivity contribution >= 4 is 43.6 Å². The van der Waals surface area contributed by atoms with E-state index in [0.717, 1.165) is 116 Å². The second-order valence-electron chi connectivity index (χ2n) is 17.5. The van der Waals surface area contributed by atoms with Gasteiger partial charge in [0, 0.05) is 54.7 Å². The van der Waals surface area contributed by atoms with E-state index >= 15 is 0 Å². The molecular formula is C65H41N3O. The van der Waals surface area contributed by atoms with E-state index in [1.807, 2.05) is 24.3 Å². The minimum absolute atomic E-state index is 0.657. The molecule has 0 aliphatic carbocycles. The maximum atomic E-state index is 6.75. The molecule has 3 heterocycles. The highest BCUT2D eigenvalue weighted by Crippen LogP contribution is 2.47. The Morgan fingerprint density at radius 1 is 0.261 bits per heavy atom. The van der Waals surface area contributed by atoms with Crippen LogP contribution in [0, 0.1) is 0 Å². The first kappa shape index (κ1) is 40.1.